The highest BCUT2D eigenvalue weighted by molar-refractivity contribution is 7.16. The first-order valence-corrected chi connectivity index (χ1v) is 10.7. The van der Waals surface area contributed by atoms with E-state index in [4.69, 9.17) is 11.6 Å². The summed E-state index contributed by atoms with van der Waals surface area (Å²) in [4.78, 5) is 36.3. The maximum atomic E-state index is 13.0. The third-order valence-corrected chi connectivity index (χ3v) is 6.02. The Morgan fingerprint density at radius 1 is 1.28 bits per heavy atom. The van der Waals surface area contributed by atoms with Gasteiger partial charge in [0.15, 0.2) is 5.82 Å². The van der Waals surface area contributed by atoms with Crippen molar-refractivity contribution >= 4 is 39.6 Å². The van der Waals surface area contributed by atoms with Crippen LogP contribution >= 0.6 is 22.9 Å². The van der Waals surface area contributed by atoms with Crippen LogP contribution in [0.5, 0.6) is 0 Å². The normalized spacial score (nSPS) is 15.2. The van der Waals surface area contributed by atoms with Gasteiger partial charge in [-0.25, -0.2) is 14.5 Å². The van der Waals surface area contributed by atoms with Crippen LogP contribution in [0.15, 0.2) is 23.8 Å². The van der Waals surface area contributed by atoms with E-state index in [1.807, 2.05) is 25.4 Å². The summed E-state index contributed by atoms with van der Waals surface area (Å²) in [7, 11) is 0. The predicted molar refractivity (Wildman–Crippen MR) is 111 cm³/mol. The Morgan fingerprint density at radius 3 is 2.76 bits per heavy atom. The molecule has 0 aliphatic carbocycles. The van der Waals surface area contributed by atoms with Crippen molar-refractivity contribution < 1.29 is 9.59 Å². The molecule has 0 unspecified atom stereocenters. The molecule has 8 nitrogen and oxygen atoms in total. The van der Waals surface area contributed by atoms with Gasteiger partial charge < -0.3 is 10.2 Å². The van der Waals surface area contributed by atoms with E-state index in [9.17, 15) is 9.59 Å². The van der Waals surface area contributed by atoms with E-state index in [2.05, 4.69) is 20.4 Å². The smallest absolute Gasteiger partial charge is 0.272 e. The van der Waals surface area contributed by atoms with Crippen molar-refractivity contribution in [3.63, 3.8) is 0 Å². The van der Waals surface area contributed by atoms with Crippen LogP contribution in [0, 0.1) is 5.92 Å². The molecule has 1 aliphatic rings. The molecular weight excluding hydrogens is 412 g/mol. The van der Waals surface area contributed by atoms with Gasteiger partial charge in [0.2, 0.25) is 5.91 Å². The molecule has 2 amide bonds. The number of carbonyl (C=O) groups excluding carboxylic acids is 2. The zero-order valence-corrected chi connectivity index (χ0v) is 17.7. The molecular formula is C19H21ClN6O2S. The van der Waals surface area contributed by atoms with E-state index < -0.39 is 0 Å². The van der Waals surface area contributed by atoms with Gasteiger partial charge in [0.1, 0.15) is 15.7 Å². The number of fused-ring (bicyclic) bond motifs is 1. The number of likely N-dealkylation sites (tertiary alicyclic amines) is 1. The minimum atomic E-state index is -0.182. The van der Waals surface area contributed by atoms with Crippen molar-refractivity contribution in [3.8, 4) is 11.4 Å². The SMILES string of the molecule is CC(C)C(=O)NC1CCN(C(=O)c2cc(Cl)nc(-c3cnn4ccsc34)n2)CC1. The molecule has 29 heavy (non-hydrogen) atoms. The first-order valence-electron chi connectivity index (χ1n) is 9.48. The Hall–Kier alpha value is -2.52. The molecule has 0 atom stereocenters. The molecule has 0 aromatic carbocycles. The monoisotopic (exact) mass is 432 g/mol. The summed E-state index contributed by atoms with van der Waals surface area (Å²) in [5.74, 6) is 0.203. The molecule has 1 aliphatic heterocycles. The van der Waals surface area contributed by atoms with Gasteiger partial charge in [0.05, 0.1) is 11.8 Å². The van der Waals surface area contributed by atoms with E-state index >= 15 is 0 Å². The lowest BCUT2D eigenvalue weighted by Gasteiger charge is -2.32. The molecule has 0 bridgehead atoms. The van der Waals surface area contributed by atoms with E-state index in [0.29, 0.717) is 18.9 Å². The molecule has 0 radical (unpaired) electrons. The molecule has 4 heterocycles. The third kappa shape index (κ3) is 4.11. The van der Waals surface area contributed by atoms with Crippen molar-refractivity contribution in [2.24, 2.45) is 5.92 Å². The van der Waals surface area contributed by atoms with Crippen LogP contribution in [-0.2, 0) is 4.79 Å². The second-order valence-corrected chi connectivity index (χ2v) is 8.62. The number of thiazole rings is 1. The number of aromatic nitrogens is 4. The number of halogens is 1. The Kier molecular flexibility index (Phi) is 5.51. The summed E-state index contributed by atoms with van der Waals surface area (Å²) in [6.45, 7) is 4.86. The highest BCUT2D eigenvalue weighted by Gasteiger charge is 2.26. The lowest BCUT2D eigenvalue weighted by Crippen LogP contribution is -2.47. The average molecular weight is 433 g/mol. The van der Waals surface area contributed by atoms with E-state index in [0.717, 1.165) is 23.2 Å². The highest BCUT2D eigenvalue weighted by Crippen LogP contribution is 2.26. The van der Waals surface area contributed by atoms with Gasteiger partial charge in [0, 0.05) is 42.7 Å². The molecule has 1 saturated heterocycles. The average Bonchev–Trinajstić information content (AvgIpc) is 3.31. The van der Waals surface area contributed by atoms with Gasteiger partial charge in [-0.05, 0) is 12.8 Å². The molecule has 3 aromatic rings. The summed E-state index contributed by atoms with van der Waals surface area (Å²) in [6.07, 6.45) is 4.96. The standard InChI is InChI=1S/C19H21ClN6O2S/c1-11(2)17(27)22-12-3-5-25(6-4-12)18(28)14-9-15(20)24-16(23-14)13-10-21-26-7-8-29-19(13)26/h7-12H,3-6H2,1-2H3,(H,22,27). The topological polar surface area (TPSA) is 92.5 Å². The largest absolute Gasteiger partial charge is 0.353 e. The van der Waals surface area contributed by atoms with Crippen molar-refractivity contribution in [1.82, 2.24) is 29.8 Å². The van der Waals surface area contributed by atoms with Crippen LogP contribution in [-0.4, -0.2) is 55.4 Å². The number of rotatable bonds is 4. The van der Waals surface area contributed by atoms with Gasteiger partial charge in [-0.15, -0.1) is 11.3 Å². The molecule has 1 fully saturated rings. The van der Waals surface area contributed by atoms with Gasteiger partial charge in [-0.3, -0.25) is 9.59 Å². The second-order valence-electron chi connectivity index (χ2n) is 7.34. The molecule has 4 rings (SSSR count). The van der Waals surface area contributed by atoms with Gasteiger partial charge in [0.25, 0.3) is 5.91 Å². The maximum absolute atomic E-state index is 13.0. The molecule has 3 aromatic heterocycles. The minimum absolute atomic E-state index is 0.0445. The Bertz CT molecular complexity index is 1050. The molecule has 0 spiro atoms. The summed E-state index contributed by atoms with van der Waals surface area (Å²) in [6, 6.07) is 1.59. The Balaban J connectivity index is 1.49. The minimum Gasteiger partial charge on any atom is -0.353 e. The summed E-state index contributed by atoms with van der Waals surface area (Å²) < 4.78 is 1.74. The predicted octanol–water partition coefficient (Wildman–Crippen LogP) is 2.88. The highest BCUT2D eigenvalue weighted by atomic mass is 35.5. The fourth-order valence-corrected chi connectivity index (χ4v) is 4.26. The van der Waals surface area contributed by atoms with Crippen LogP contribution in [0.1, 0.15) is 37.2 Å². The summed E-state index contributed by atoms with van der Waals surface area (Å²) >= 11 is 7.71. The van der Waals surface area contributed by atoms with Gasteiger partial charge >= 0.3 is 0 Å². The molecule has 152 valence electrons. The third-order valence-electron chi connectivity index (χ3n) is 4.94. The number of carbonyl (C=O) groups is 2. The van der Waals surface area contributed by atoms with E-state index in [1.165, 1.54) is 17.4 Å². The molecule has 1 N–H and O–H groups in total. The fraction of sp³-hybridized carbons (Fsp3) is 0.421. The number of amides is 2. The quantitative estimate of drug-likeness (QED) is 0.640. The first kappa shape index (κ1) is 19.8. The van der Waals surface area contributed by atoms with Crippen molar-refractivity contribution in [2.45, 2.75) is 32.7 Å². The van der Waals surface area contributed by atoms with Crippen molar-refractivity contribution in [3.05, 3.63) is 34.7 Å². The maximum Gasteiger partial charge on any atom is 0.272 e. The lowest BCUT2D eigenvalue weighted by atomic mass is 10.0. The number of hydrogen-bond acceptors (Lipinski definition) is 6. The first-order chi connectivity index (χ1) is 13.9. The van der Waals surface area contributed by atoms with Crippen molar-refractivity contribution in [2.75, 3.05) is 13.1 Å². The van der Waals surface area contributed by atoms with Crippen LogP contribution < -0.4 is 5.32 Å². The number of hydrogen-bond donors (Lipinski definition) is 1. The van der Waals surface area contributed by atoms with Crippen LogP contribution in [0.3, 0.4) is 0 Å². The van der Waals surface area contributed by atoms with Crippen LogP contribution in [0.2, 0.25) is 5.15 Å². The number of nitrogens with one attached hydrogen (secondary N) is 1. The summed E-state index contributed by atoms with van der Waals surface area (Å²) in [5.41, 5.74) is 1.01. The Labute approximate surface area is 176 Å². The lowest BCUT2D eigenvalue weighted by molar-refractivity contribution is -0.124. The molecule has 0 saturated carbocycles. The zero-order chi connectivity index (χ0) is 20.5. The van der Waals surface area contributed by atoms with Gasteiger partial charge in [-0.2, -0.15) is 5.10 Å². The zero-order valence-electron chi connectivity index (χ0n) is 16.1. The van der Waals surface area contributed by atoms with E-state index in [-0.39, 0.29) is 34.6 Å². The van der Waals surface area contributed by atoms with E-state index in [1.54, 1.807) is 15.6 Å². The second kappa shape index (κ2) is 8.08. The van der Waals surface area contributed by atoms with Crippen LogP contribution in [0.25, 0.3) is 16.2 Å². The van der Waals surface area contributed by atoms with Crippen LogP contribution in [0.4, 0.5) is 0 Å². The Morgan fingerprint density at radius 2 is 2.03 bits per heavy atom. The van der Waals surface area contributed by atoms with Gasteiger partial charge in [-0.1, -0.05) is 25.4 Å². The van der Waals surface area contributed by atoms with Crippen molar-refractivity contribution in [1.29, 1.82) is 0 Å². The number of nitrogens with zero attached hydrogens (tertiary/aromatic N) is 5. The number of piperidine rings is 1. The molecule has 10 heteroatoms. The summed E-state index contributed by atoms with van der Waals surface area (Å²) in [5, 5.41) is 9.44. The fourth-order valence-electron chi connectivity index (χ4n) is 3.28.